The third-order valence-corrected chi connectivity index (χ3v) is 6.92. The van der Waals surface area contributed by atoms with E-state index in [9.17, 15) is 24.3 Å². The molecule has 0 heterocycles. The van der Waals surface area contributed by atoms with E-state index in [0.717, 1.165) is 51.4 Å². The second kappa shape index (κ2) is 16.1. The molecule has 0 aliphatic heterocycles. The van der Waals surface area contributed by atoms with Gasteiger partial charge in [-0.3, -0.25) is 14.4 Å². The van der Waals surface area contributed by atoms with Gasteiger partial charge in [-0.15, -0.1) is 0 Å². The summed E-state index contributed by atoms with van der Waals surface area (Å²) < 4.78 is 5.38. The molecule has 1 aromatic carbocycles. The molecule has 2 unspecified atom stereocenters. The predicted molar refractivity (Wildman–Crippen MR) is 153 cm³/mol. The van der Waals surface area contributed by atoms with Crippen LogP contribution < -0.4 is 16.4 Å². The van der Waals surface area contributed by atoms with Crippen molar-refractivity contribution >= 4 is 23.8 Å². The van der Waals surface area contributed by atoms with Gasteiger partial charge in [0.2, 0.25) is 17.7 Å². The van der Waals surface area contributed by atoms with E-state index in [1.54, 1.807) is 32.9 Å². The Balaban J connectivity index is 2.46. The molecule has 2 rings (SSSR count). The number of benzene rings is 1. The number of carbonyl (C=O) groups is 4. The fraction of sp³-hybridized carbons (Fsp3) is 0.667. The first-order valence-electron chi connectivity index (χ1n) is 14.6. The predicted octanol–water partition coefficient (Wildman–Crippen LogP) is 4.45. The lowest BCUT2D eigenvalue weighted by Gasteiger charge is -2.36. The van der Waals surface area contributed by atoms with Crippen LogP contribution in [0.3, 0.4) is 0 Å². The molecule has 0 aromatic heterocycles. The number of phenols is 1. The summed E-state index contributed by atoms with van der Waals surface area (Å²) in [6, 6.07) is 4.13. The van der Waals surface area contributed by atoms with E-state index in [1.165, 1.54) is 17.0 Å². The number of ether oxygens (including phenoxy) is 1. The Hall–Kier alpha value is -3.30. The Bertz CT molecular complexity index is 969. The van der Waals surface area contributed by atoms with Crippen molar-refractivity contribution < 1.29 is 29.0 Å². The summed E-state index contributed by atoms with van der Waals surface area (Å²) in [7, 11) is 0. The minimum Gasteiger partial charge on any atom is -0.508 e. The first-order valence-corrected chi connectivity index (χ1v) is 14.6. The molecule has 5 N–H and O–H groups in total. The zero-order valence-corrected chi connectivity index (χ0v) is 24.5. The van der Waals surface area contributed by atoms with Crippen LogP contribution in [0.5, 0.6) is 5.75 Å². The van der Waals surface area contributed by atoms with Crippen LogP contribution in [-0.2, 0) is 19.1 Å². The van der Waals surface area contributed by atoms with Crippen molar-refractivity contribution in [1.82, 2.24) is 15.5 Å². The smallest absolute Gasteiger partial charge is 0.408 e. The maximum Gasteiger partial charge on any atom is 0.408 e. The van der Waals surface area contributed by atoms with Crippen molar-refractivity contribution in [1.29, 1.82) is 0 Å². The van der Waals surface area contributed by atoms with Gasteiger partial charge in [0.05, 0.1) is 0 Å². The van der Waals surface area contributed by atoms with Crippen molar-refractivity contribution in [3.63, 3.8) is 0 Å². The van der Waals surface area contributed by atoms with Crippen molar-refractivity contribution in [2.45, 2.75) is 122 Å². The second-order valence-electron chi connectivity index (χ2n) is 11.6. The van der Waals surface area contributed by atoms with Crippen molar-refractivity contribution in [3.8, 4) is 5.75 Å². The third kappa shape index (κ3) is 11.4. The van der Waals surface area contributed by atoms with Gasteiger partial charge >= 0.3 is 6.09 Å². The molecule has 0 saturated heterocycles. The number of amides is 4. The Morgan fingerprint density at radius 3 is 2.27 bits per heavy atom. The van der Waals surface area contributed by atoms with Crippen LogP contribution in [0, 0.1) is 0 Å². The number of phenolic OH excluding ortho intramolecular Hbond substituents is 1. The second-order valence-corrected chi connectivity index (χ2v) is 11.6. The van der Waals surface area contributed by atoms with Gasteiger partial charge in [0.1, 0.15) is 23.4 Å². The summed E-state index contributed by atoms with van der Waals surface area (Å²) in [6.07, 6.45) is 7.47. The number of alkyl carbamates (subject to hydrolysis) is 1. The van der Waals surface area contributed by atoms with Gasteiger partial charge in [-0.05, 0) is 64.2 Å². The molecule has 4 amide bonds. The monoisotopic (exact) mass is 560 g/mol. The third-order valence-electron chi connectivity index (χ3n) is 6.92. The Morgan fingerprint density at radius 1 is 1.05 bits per heavy atom. The number of carbonyl (C=O) groups excluding carboxylic acids is 4. The van der Waals surface area contributed by atoms with E-state index in [4.69, 9.17) is 10.5 Å². The normalized spacial score (nSPS) is 15.5. The number of rotatable bonds is 14. The van der Waals surface area contributed by atoms with Crippen molar-refractivity contribution in [2.75, 3.05) is 6.54 Å². The Kier molecular flexibility index (Phi) is 13.2. The van der Waals surface area contributed by atoms with Gasteiger partial charge < -0.3 is 31.1 Å². The number of unbranched alkanes of at least 4 members (excludes halogenated alkanes) is 3. The van der Waals surface area contributed by atoms with Crippen molar-refractivity contribution in [3.05, 3.63) is 29.8 Å². The first kappa shape index (κ1) is 32.9. The minimum absolute atomic E-state index is 0.0171. The lowest BCUT2D eigenvalue weighted by atomic mass is 9.94. The van der Waals surface area contributed by atoms with Gasteiger partial charge in [0.25, 0.3) is 0 Å². The highest BCUT2D eigenvalue weighted by molar-refractivity contribution is 5.92. The number of hydrogen-bond acceptors (Lipinski definition) is 6. The summed E-state index contributed by atoms with van der Waals surface area (Å²) >= 11 is 0. The molecule has 10 nitrogen and oxygen atoms in total. The van der Waals surface area contributed by atoms with E-state index in [-0.39, 0.29) is 37.1 Å². The summed E-state index contributed by atoms with van der Waals surface area (Å²) in [6.45, 7) is 7.49. The highest BCUT2D eigenvalue weighted by Crippen LogP contribution is 2.27. The van der Waals surface area contributed by atoms with Crippen molar-refractivity contribution in [2.24, 2.45) is 5.73 Å². The fourth-order valence-corrected chi connectivity index (χ4v) is 4.93. The maximum atomic E-state index is 14.2. The Labute approximate surface area is 238 Å². The number of aromatic hydroxyl groups is 1. The average Bonchev–Trinajstić information content (AvgIpc) is 2.88. The quantitative estimate of drug-likeness (QED) is 0.247. The van der Waals surface area contributed by atoms with Crippen LogP contribution in [-0.4, -0.2) is 58.1 Å². The summed E-state index contributed by atoms with van der Waals surface area (Å²) in [5.74, 6) is -1.38. The first-order chi connectivity index (χ1) is 18.9. The molecule has 10 heteroatoms. The summed E-state index contributed by atoms with van der Waals surface area (Å²) in [5, 5.41) is 15.7. The van der Waals surface area contributed by atoms with Crippen LogP contribution in [0.1, 0.15) is 110 Å². The molecule has 0 spiro atoms. The van der Waals surface area contributed by atoms with E-state index >= 15 is 0 Å². The van der Waals surface area contributed by atoms with Crippen LogP contribution >= 0.6 is 0 Å². The van der Waals surface area contributed by atoms with Gasteiger partial charge in [0, 0.05) is 19.0 Å². The lowest BCUT2D eigenvalue weighted by molar-refractivity contribution is -0.143. The molecule has 0 bridgehead atoms. The zero-order chi connectivity index (χ0) is 29.7. The largest absolute Gasteiger partial charge is 0.508 e. The molecule has 2 atom stereocenters. The SMILES string of the molecule is CCCCCCN(C(=O)C(CCC(N)=O)NC(=O)OC(C)(C)C)C(C(=O)NC1CCCCC1)c1ccc(O)cc1. The molecule has 0 radical (unpaired) electrons. The Morgan fingerprint density at radius 2 is 1.70 bits per heavy atom. The summed E-state index contributed by atoms with van der Waals surface area (Å²) in [4.78, 5) is 53.9. The standard InChI is InChI=1S/C30H48N4O6/c1-5-6-7-11-20-34(28(38)24(18-19-25(31)36)33-29(39)40-30(2,3)4)26(21-14-16-23(35)17-15-21)27(37)32-22-12-9-8-10-13-22/h14-17,22,24,26,35H,5-13,18-20H2,1-4H3,(H2,31,36)(H,32,37)(H,33,39). The van der Waals surface area contributed by atoms with Gasteiger partial charge in [-0.1, -0.05) is 57.6 Å². The minimum atomic E-state index is -1.13. The molecule has 1 saturated carbocycles. The van der Waals surface area contributed by atoms with Crippen LogP contribution in [0.15, 0.2) is 24.3 Å². The van der Waals surface area contributed by atoms with Gasteiger partial charge in [0.15, 0.2) is 0 Å². The number of nitrogens with zero attached hydrogens (tertiary/aromatic N) is 1. The number of hydrogen-bond donors (Lipinski definition) is 4. The molecule has 224 valence electrons. The number of nitrogens with two attached hydrogens (primary N) is 1. The molecule has 1 aliphatic carbocycles. The van der Waals surface area contributed by atoms with Crippen LogP contribution in [0.25, 0.3) is 0 Å². The number of primary amides is 1. The fourth-order valence-electron chi connectivity index (χ4n) is 4.93. The molecule has 40 heavy (non-hydrogen) atoms. The highest BCUT2D eigenvalue weighted by Gasteiger charge is 2.37. The topological polar surface area (TPSA) is 151 Å². The molecular formula is C30H48N4O6. The lowest BCUT2D eigenvalue weighted by Crippen LogP contribution is -2.54. The zero-order valence-electron chi connectivity index (χ0n) is 24.5. The van der Waals surface area contributed by atoms with Crippen LogP contribution in [0.4, 0.5) is 4.79 Å². The molecular weight excluding hydrogens is 512 g/mol. The van der Waals surface area contributed by atoms with Gasteiger partial charge in [-0.2, -0.15) is 0 Å². The highest BCUT2D eigenvalue weighted by atomic mass is 16.6. The molecule has 1 aromatic rings. The molecule has 1 aliphatic rings. The maximum absolute atomic E-state index is 14.2. The van der Waals surface area contributed by atoms with E-state index in [2.05, 4.69) is 17.6 Å². The van der Waals surface area contributed by atoms with E-state index in [0.29, 0.717) is 12.0 Å². The molecule has 1 fully saturated rings. The van der Waals surface area contributed by atoms with Gasteiger partial charge in [-0.25, -0.2) is 4.79 Å². The summed E-state index contributed by atoms with van der Waals surface area (Å²) in [5.41, 5.74) is 5.13. The number of nitrogens with one attached hydrogen (secondary N) is 2. The van der Waals surface area contributed by atoms with Crippen LogP contribution in [0.2, 0.25) is 0 Å². The van der Waals surface area contributed by atoms with E-state index < -0.39 is 35.6 Å². The average molecular weight is 561 g/mol. The van der Waals surface area contributed by atoms with E-state index in [1.807, 2.05) is 0 Å².